The number of ether oxygens (including phenoxy) is 1. The number of rotatable bonds is 5. The molecule has 0 heterocycles. The zero-order valence-electron chi connectivity index (χ0n) is 13.9. The first kappa shape index (κ1) is 16.8. The lowest BCUT2D eigenvalue weighted by Gasteiger charge is -2.17. The third-order valence-electron chi connectivity index (χ3n) is 4.35. The Morgan fingerprint density at radius 1 is 1.12 bits per heavy atom. The second-order valence-corrected chi connectivity index (χ2v) is 6.09. The number of aliphatic carboxylic acids is 1. The van der Waals surface area contributed by atoms with Gasteiger partial charge in [0.15, 0.2) is 6.04 Å². The number of carboxylic acid groups (broad SMARTS) is 1. The van der Waals surface area contributed by atoms with Crippen LogP contribution in [0.3, 0.4) is 0 Å². The van der Waals surface area contributed by atoms with Crippen LogP contribution in [0.5, 0.6) is 0 Å². The topological polar surface area (TPSA) is 75.6 Å². The molecule has 0 unspecified atom stereocenters. The maximum Gasteiger partial charge on any atom is 0.408 e. The van der Waals surface area contributed by atoms with Crippen molar-refractivity contribution in [1.82, 2.24) is 5.32 Å². The number of alkyl carbamates (subject to hydrolysis) is 1. The molecule has 0 aromatic heterocycles. The van der Waals surface area contributed by atoms with Crippen molar-refractivity contribution in [2.75, 3.05) is 6.61 Å². The highest BCUT2D eigenvalue weighted by Crippen LogP contribution is 2.44. The van der Waals surface area contributed by atoms with Crippen LogP contribution in [-0.4, -0.2) is 29.8 Å². The second kappa shape index (κ2) is 6.81. The van der Waals surface area contributed by atoms with E-state index in [-0.39, 0.29) is 12.5 Å². The van der Waals surface area contributed by atoms with E-state index in [0.717, 1.165) is 22.3 Å². The first-order valence-electron chi connectivity index (χ1n) is 7.98. The van der Waals surface area contributed by atoms with Crippen LogP contribution in [0.25, 0.3) is 11.1 Å². The minimum atomic E-state index is -1.17. The molecule has 5 heteroatoms. The van der Waals surface area contributed by atoms with Gasteiger partial charge in [0.2, 0.25) is 0 Å². The molecule has 2 aromatic rings. The number of amides is 1. The Hall–Kier alpha value is -3.08. The van der Waals surface area contributed by atoms with Crippen LogP contribution in [-0.2, 0) is 9.53 Å². The summed E-state index contributed by atoms with van der Waals surface area (Å²) in [5, 5.41) is 11.4. The summed E-state index contributed by atoms with van der Waals surface area (Å²) >= 11 is 0. The van der Waals surface area contributed by atoms with E-state index in [2.05, 4.69) is 24.0 Å². The van der Waals surface area contributed by atoms with Crippen molar-refractivity contribution < 1.29 is 19.4 Å². The summed E-state index contributed by atoms with van der Waals surface area (Å²) in [5.41, 5.74) is 4.81. The number of nitrogens with one attached hydrogen (secondary N) is 1. The molecule has 1 aliphatic rings. The van der Waals surface area contributed by atoms with Crippen LogP contribution in [0, 0.1) is 0 Å². The Bertz CT molecular complexity index is 784. The highest BCUT2D eigenvalue weighted by atomic mass is 16.5. The molecule has 0 bridgehead atoms. The molecule has 2 N–H and O–H groups in total. The minimum absolute atomic E-state index is 0.0637. The fourth-order valence-electron chi connectivity index (χ4n) is 3.15. The lowest BCUT2D eigenvalue weighted by molar-refractivity contribution is -0.138. The molecule has 2 aromatic carbocycles. The molecule has 0 saturated heterocycles. The number of carbonyl (C=O) groups is 2. The minimum Gasteiger partial charge on any atom is -0.479 e. The zero-order chi connectivity index (χ0) is 18.0. The van der Waals surface area contributed by atoms with Crippen molar-refractivity contribution in [3.8, 4) is 11.1 Å². The molecule has 25 heavy (non-hydrogen) atoms. The largest absolute Gasteiger partial charge is 0.479 e. The van der Waals surface area contributed by atoms with Gasteiger partial charge >= 0.3 is 12.1 Å². The summed E-state index contributed by atoms with van der Waals surface area (Å²) in [6.07, 6.45) is -0.766. The fourth-order valence-corrected chi connectivity index (χ4v) is 3.15. The molecule has 5 nitrogen and oxygen atoms in total. The van der Waals surface area contributed by atoms with E-state index in [4.69, 9.17) is 9.84 Å². The molecular formula is C20H19NO4. The number of hydrogen-bond acceptors (Lipinski definition) is 3. The molecule has 3 rings (SSSR count). The van der Waals surface area contributed by atoms with Gasteiger partial charge in [-0.25, -0.2) is 9.59 Å². The molecule has 128 valence electrons. The zero-order valence-corrected chi connectivity index (χ0v) is 13.9. The van der Waals surface area contributed by atoms with Crippen molar-refractivity contribution >= 4 is 12.1 Å². The number of benzene rings is 2. The fraction of sp³-hybridized carbons (Fsp3) is 0.200. The lowest BCUT2D eigenvalue weighted by Crippen LogP contribution is -2.42. The molecule has 0 saturated carbocycles. The van der Waals surface area contributed by atoms with Gasteiger partial charge in [-0.2, -0.15) is 0 Å². The third kappa shape index (κ3) is 3.26. The summed E-state index contributed by atoms with van der Waals surface area (Å²) in [4.78, 5) is 23.1. The Labute approximate surface area is 145 Å². The molecule has 1 aliphatic carbocycles. The van der Waals surface area contributed by atoms with Gasteiger partial charge in [-0.3, -0.25) is 0 Å². The quantitative estimate of drug-likeness (QED) is 0.818. The number of fused-ring (bicyclic) bond motifs is 3. The smallest absolute Gasteiger partial charge is 0.408 e. The monoisotopic (exact) mass is 337 g/mol. The second-order valence-electron chi connectivity index (χ2n) is 6.09. The summed E-state index contributed by atoms with van der Waals surface area (Å²) in [6.45, 7) is 5.26. The molecule has 0 fully saturated rings. The first-order chi connectivity index (χ1) is 12.0. The first-order valence-corrected chi connectivity index (χ1v) is 7.98. The maximum absolute atomic E-state index is 12.0. The number of hydrogen-bond donors (Lipinski definition) is 2. The summed E-state index contributed by atoms with van der Waals surface area (Å²) < 4.78 is 5.32. The van der Waals surface area contributed by atoms with E-state index < -0.39 is 18.1 Å². The number of carbonyl (C=O) groups excluding carboxylic acids is 1. The van der Waals surface area contributed by atoms with Gasteiger partial charge in [0, 0.05) is 5.92 Å². The van der Waals surface area contributed by atoms with Crippen LogP contribution in [0.4, 0.5) is 4.79 Å². The Kier molecular flexibility index (Phi) is 4.57. The highest BCUT2D eigenvalue weighted by Gasteiger charge is 2.29. The van der Waals surface area contributed by atoms with Gasteiger partial charge in [-0.1, -0.05) is 55.1 Å². The van der Waals surface area contributed by atoms with Gasteiger partial charge < -0.3 is 15.2 Å². The van der Waals surface area contributed by atoms with Gasteiger partial charge in [0.25, 0.3) is 0 Å². The Morgan fingerprint density at radius 2 is 1.64 bits per heavy atom. The van der Waals surface area contributed by atoms with Crippen LogP contribution in [0.15, 0.2) is 60.7 Å². The van der Waals surface area contributed by atoms with Gasteiger partial charge in [0.05, 0.1) is 0 Å². The summed E-state index contributed by atoms with van der Waals surface area (Å²) in [7, 11) is 0. The molecular weight excluding hydrogens is 318 g/mol. The van der Waals surface area contributed by atoms with Gasteiger partial charge in [-0.05, 0) is 34.8 Å². The van der Waals surface area contributed by atoms with E-state index in [0.29, 0.717) is 5.57 Å². The van der Waals surface area contributed by atoms with Crippen molar-refractivity contribution in [2.45, 2.75) is 18.9 Å². The SMILES string of the molecule is C=C(C)[C@H](NC(=O)OCC1c2ccccc2-c2ccccc21)C(=O)O. The molecule has 0 spiro atoms. The predicted molar refractivity (Wildman–Crippen MR) is 94.4 cm³/mol. The Morgan fingerprint density at radius 3 is 2.12 bits per heavy atom. The maximum atomic E-state index is 12.0. The summed E-state index contributed by atoms with van der Waals surface area (Å²) in [6, 6.07) is 14.9. The molecule has 0 radical (unpaired) electrons. The third-order valence-corrected chi connectivity index (χ3v) is 4.35. The van der Waals surface area contributed by atoms with Gasteiger partial charge in [0.1, 0.15) is 6.61 Å². The molecule has 1 amide bonds. The van der Waals surface area contributed by atoms with E-state index in [1.165, 1.54) is 0 Å². The van der Waals surface area contributed by atoms with Crippen molar-refractivity contribution in [1.29, 1.82) is 0 Å². The normalized spacial score (nSPS) is 13.5. The average molecular weight is 337 g/mol. The highest BCUT2D eigenvalue weighted by molar-refractivity contribution is 5.83. The molecule has 1 atom stereocenters. The average Bonchev–Trinajstić information content (AvgIpc) is 2.91. The van der Waals surface area contributed by atoms with Gasteiger partial charge in [-0.15, -0.1) is 0 Å². The van der Waals surface area contributed by atoms with Crippen molar-refractivity contribution in [3.05, 3.63) is 71.8 Å². The lowest BCUT2D eigenvalue weighted by atomic mass is 9.98. The van der Waals surface area contributed by atoms with Crippen LogP contribution < -0.4 is 5.32 Å². The van der Waals surface area contributed by atoms with E-state index in [1.54, 1.807) is 6.92 Å². The number of carboxylic acids is 1. The predicted octanol–water partition coefficient (Wildman–Crippen LogP) is 3.55. The van der Waals surface area contributed by atoms with E-state index in [1.807, 2.05) is 36.4 Å². The van der Waals surface area contributed by atoms with Crippen LogP contribution in [0.2, 0.25) is 0 Å². The van der Waals surface area contributed by atoms with Crippen LogP contribution in [0.1, 0.15) is 24.0 Å². The van der Waals surface area contributed by atoms with E-state index in [9.17, 15) is 9.59 Å². The van der Waals surface area contributed by atoms with Crippen molar-refractivity contribution in [3.63, 3.8) is 0 Å². The summed E-state index contributed by atoms with van der Waals surface area (Å²) in [5.74, 6) is -1.23. The van der Waals surface area contributed by atoms with Crippen LogP contribution >= 0.6 is 0 Å². The van der Waals surface area contributed by atoms with Crippen molar-refractivity contribution in [2.24, 2.45) is 0 Å². The van der Waals surface area contributed by atoms with E-state index >= 15 is 0 Å². The Balaban J connectivity index is 1.74. The molecule has 0 aliphatic heterocycles. The standard InChI is InChI=1S/C20H19NO4/c1-12(2)18(19(22)23)21-20(24)25-11-17-15-9-5-3-7-13(15)14-8-4-6-10-16(14)17/h3-10,17-18H,1,11H2,2H3,(H,21,24)(H,22,23)/t18-/m0/s1.